The van der Waals surface area contributed by atoms with Gasteiger partial charge in [0.15, 0.2) is 0 Å². The first-order valence-corrected chi connectivity index (χ1v) is 12.6. The van der Waals surface area contributed by atoms with E-state index in [1.165, 1.54) is 4.57 Å². The molecule has 0 unspecified atom stereocenters. The number of anilines is 2. The summed E-state index contributed by atoms with van der Waals surface area (Å²) in [7, 11) is 5.01. The number of pyridine rings is 1. The van der Waals surface area contributed by atoms with Crippen LogP contribution < -0.4 is 10.1 Å². The molecule has 0 bridgehead atoms. The van der Waals surface area contributed by atoms with Crippen LogP contribution in [0.4, 0.5) is 16.3 Å². The van der Waals surface area contributed by atoms with Gasteiger partial charge in [0.05, 0.1) is 36.3 Å². The first-order valence-electron chi connectivity index (χ1n) is 12.6. The van der Waals surface area contributed by atoms with Crippen molar-refractivity contribution in [3.8, 4) is 17.0 Å². The molecule has 0 saturated carbocycles. The molecule has 3 aromatic heterocycles. The summed E-state index contributed by atoms with van der Waals surface area (Å²) >= 11 is 0. The minimum atomic E-state index is -0.679. The largest absolute Gasteiger partial charge is 0.495 e. The molecule has 1 amide bonds. The average Bonchev–Trinajstić information content (AvgIpc) is 3.45. The minimum absolute atomic E-state index is 0.0780. The summed E-state index contributed by atoms with van der Waals surface area (Å²) in [5, 5.41) is 8.28. The van der Waals surface area contributed by atoms with Crippen molar-refractivity contribution in [2.45, 2.75) is 32.5 Å². The second-order valence-electron chi connectivity index (χ2n) is 10.5. The monoisotopic (exact) mass is 532 g/mol. The number of amides is 1. The van der Waals surface area contributed by atoms with Crippen molar-refractivity contribution in [1.29, 1.82) is 0 Å². The summed E-state index contributed by atoms with van der Waals surface area (Å²) in [5.41, 5.74) is 2.51. The van der Waals surface area contributed by atoms with Crippen molar-refractivity contribution in [3.05, 3.63) is 54.5 Å². The molecular formula is C28H32N6O5. The normalized spacial score (nSPS) is 13.8. The Kier molecular flexibility index (Phi) is 6.77. The number of ether oxygens (including phenoxy) is 3. The number of nitrogens with zero attached hydrogens (tertiary/aromatic N) is 5. The van der Waals surface area contributed by atoms with E-state index in [-0.39, 0.29) is 12.0 Å². The van der Waals surface area contributed by atoms with E-state index < -0.39 is 11.7 Å². The summed E-state index contributed by atoms with van der Waals surface area (Å²) in [6, 6.07) is 8.89. The number of likely N-dealkylation sites (tertiary alicyclic amines) is 1. The number of methoxy groups -OCH3 is 2. The Morgan fingerprint density at radius 1 is 1.08 bits per heavy atom. The molecule has 5 rings (SSSR count). The highest BCUT2D eigenvalue weighted by molar-refractivity contribution is 5.98. The molecule has 1 aliphatic rings. The molecule has 0 aliphatic carbocycles. The Labute approximate surface area is 226 Å². The predicted molar refractivity (Wildman–Crippen MR) is 147 cm³/mol. The van der Waals surface area contributed by atoms with E-state index in [1.807, 2.05) is 40.1 Å². The molecule has 1 fully saturated rings. The number of hydrogen-bond donors (Lipinski definition) is 1. The molecule has 11 nitrogen and oxygen atoms in total. The highest BCUT2D eigenvalue weighted by atomic mass is 16.6. The standard InChI is InChI=1S/C28H32N6O5/c1-28(2,3)39-27(36)34-22(19-13-30-32(4)14-19)9-18-12-29-25(11-23(18)34)31-21-8-7-17(10-24(21)38-6)26(35)33-15-20(16-33)37-5/h7-14,20H,15-16H2,1-6H3,(H,29,31). The van der Waals surface area contributed by atoms with Crippen molar-refractivity contribution in [3.63, 3.8) is 0 Å². The number of aromatic nitrogens is 4. The lowest BCUT2D eigenvalue weighted by Gasteiger charge is -2.38. The third-order valence-corrected chi connectivity index (χ3v) is 6.44. The summed E-state index contributed by atoms with van der Waals surface area (Å²) in [4.78, 5) is 32.4. The van der Waals surface area contributed by atoms with Crippen LogP contribution in [-0.2, 0) is 16.5 Å². The van der Waals surface area contributed by atoms with Gasteiger partial charge in [-0.1, -0.05) is 0 Å². The van der Waals surface area contributed by atoms with Crippen LogP contribution >= 0.6 is 0 Å². The summed E-state index contributed by atoms with van der Waals surface area (Å²) in [6.45, 7) is 6.62. The smallest absolute Gasteiger partial charge is 0.419 e. The van der Waals surface area contributed by atoms with Crippen molar-refractivity contribution >= 4 is 34.4 Å². The van der Waals surface area contributed by atoms with Gasteiger partial charge in [-0.05, 0) is 45.0 Å². The fraction of sp³-hybridized carbons (Fsp3) is 0.357. The average molecular weight is 533 g/mol. The zero-order valence-corrected chi connectivity index (χ0v) is 22.9. The number of benzene rings is 1. The summed E-state index contributed by atoms with van der Waals surface area (Å²) in [6.07, 6.45) is 4.81. The third kappa shape index (κ3) is 5.30. The van der Waals surface area contributed by atoms with Crippen LogP contribution in [-0.4, -0.2) is 75.2 Å². The number of hydrogen-bond acceptors (Lipinski definition) is 8. The number of fused-ring (bicyclic) bond motifs is 1. The molecule has 0 atom stereocenters. The SMILES string of the molecule is COc1cc(C(=O)N2CC(OC)C2)ccc1Nc1cc2c(cn1)cc(-c1cnn(C)c1)n2C(=O)OC(C)(C)C. The molecule has 4 heterocycles. The van der Waals surface area contributed by atoms with Crippen molar-refractivity contribution in [2.75, 3.05) is 32.6 Å². The maximum atomic E-state index is 13.3. The maximum Gasteiger partial charge on any atom is 0.419 e. The van der Waals surface area contributed by atoms with Crippen LogP contribution in [0.2, 0.25) is 0 Å². The van der Waals surface area contributed by atoms with E-state index >= 15 is 0 Å². The van der Waals surface area contributed by atoms with E-state index in [0.717, 1.165) is 10.9 Å². The lowest BCUT2D eigenvalue weighted by Crippen LogP contribution is -2.54. The summed E-state index contributed by atoms with van der Waals surface area (Å²) < 4.78 is 19.8. The fourth-order valence-corrected chi connectivity index (χ4v) is 4.44. The van der Waals surface area contributed by atoms with Crippen LogP contribution in [0.5, 0.6) is 5.75 Å². The van der Waals surface area contributed by atoms with E-state index in [9.17, 15) is 9.59 Å². The second-order valence-corrected chi connectivity index (χ2v) is 10.5. The number of carbonyl (C=O) groups is 2. The van der Waals surface area contributed by atoms with Crippen LogP contribution in [0.25, 0.3) is 22.2 Å². The molecule has 1 N–H and O–H groups in total. The molecular weight excluding hydrogens is 500 g/mol. The molecule has 11 heteroatoms. The molecule has 1 saturated heterocycles. The second kappa shape index (κ2) is 10.1. The topological polar surface area (TPSA) is 113 Å². The molecule has 4 aromatic rings. The van der Waals surface area contributed by atoms with Gasteiger partial charge < -0.3 is 24.4 Å². The first kappa shape index (κ1) is 26.2. The Bertz CT molecular complexity index is 1540. The summed E-state index contributed by atoms with van der Waals surface area (Å²) in [5.74, 6) is 0.905. The highest BCUT2D eigenvalue weighted by Crippen LogP contribution is 2.33. The number of aryl methyl sites for hydroxylation is 1. The van der Waals surface area contributed by atoms with E-state index in [2.05, 4.69) is 15.4 Å². The van der Waals surface area contributed by atoms with Gasteiger partial charge >= 0.3 is 6.09 Å². The lowest BCUT2D eigenvalue weighted by molar-refractivity contribution is -0.0192. The van der Waals surface area contributed by atoms with Gasteiger partial charge in [0.1, 0.15) is 17.2 Å². The zero-order chi connectivity index (χ0) is 27.9. The van der Waals surface area contributed by atoms with Gasteiger partial charge in [-0.2, -0.15) is 5.10 Å². The maximum absolute atomic E-state index is 13.3. The highest BCUT2D eigenvalue weighted by Gasteiger charge is 2.31. The fourth-order valence-electron chi connectivity index (χ4n) is 4.44. The lowest BCUT2D eigenvalue weighted by atomic mass is 10.1. The van der Waals surface area contributed by atoms with Gasteiger partial charge in [-0.25, -0.2) is 14.3 Å². The number of nitrogens with one attached hydrogen (secondary N) is 1. The molecule has 0 radical (unpaired) electrons. The number of carbonyl (C=O) groups excluding carboxylic acids is 2. The van der Waals surface area contributed by atoms with Gasteiger partial charge in [0.25, 0.3) is 5.91 Å². The first-order chi connectivity index (χ1) is 18.6. The van der Waals surface area contributed by atoms with E-state index in [0.29, 0.717) is 47.1 Å². The quantitative estimate of drug-likeness (QED) is 0.388. The Hall–Kier alpha value is -4.38. The van der Waals surface area contributed by atoms with Crippen molar-refractivity contribution in [2.24, 2.45) is 7.05 Å². The molecule has 39 heavy (non-hydrogen) atoms. The van der Waals surface area contributed by atoms with Gasteiger partial charge in [0, 0.05) is 62.2 Å². The Morgan fingerprint density at radius 3 is 2.49 bits per heavy atom. The zero-order valence-electron chi connectivity index (χ0n) is 22.9. The Balaban J connectivity index is 1.48. The molecule has 204 valence electrons. The van der Waals surface area contributed by atoms with Crippen LogP contribution in [0.15, 0.2) is 48.9 Å². The van der Waals surface area contributed by atoms with E-state index in [4.69, 9.17) is 14.2 Å². The minimum Gasteiger partial charge on any atom is -0.495 e. The van der Waals surface area contributed by atoms with E-state index in [1.54, 1.807) is 60.5 Å². The van der Waals surface area contributed by atoms with Crippen LogP contribution in [0.3, 0.4) is 0 Å². The molecule has 1 aromatic carbocycles. The molecule has 0 spiro atoms. The van der Waals surface area contributed by atoms with Gasteiger partial charge in [0.2, 0.25) is 0 Å². The van der Waals surface area contributed by atoms with Crippen LogP contribution in [0.1, 0.15) is 31.1 Å². The van der Waals surface area contributed by atoms with Gasteiger partial charge in [-0.3, -0.25) is 9.48 Å². The van der Waals surface area contributed by atoms with Gasteiger partial charge in [-0.15, -0.1) is 0 Å². The van der Waals surface area contributed by atoms with Crippen molar-refractivity contribution < 1.29 is 23.8 Å². The number of rotatable bonds is 6. The van der Waals surface area contributed by atoms with Crippen molar-refractivity contribution in [1.82, 2.24) is 24.2 Å². The van der Waals surface area contributed by atoms with Crippen LogP contribution in [0, 0.1) is 0 Å². The molecule has 1 aliphatic heterocycles. The Morgan fingerprint density at radius 2 is 1.85 bits per heavy atom. The third-order valence-electron chi connectivity index (χ3n) is 6.44. The predicted octanol–water partition coefficient (Wildman–Crippen LogP) is 4.44.